The van der Waals surface area contributed by atoms with Crippen LogP contribution in [0.4, 0.5) is 8.78 Å². The monoisotopic (exact) mass is 237 g/mol. The van der Waals surface area contributed by atoms with Crippen molar-refractivity contribution < 1.29 is 23.0 Å². The maximum Gasteiger partial charge on any atom is 0.261 e. The van der Waals surface area contributed by atoms with Gasteiger partial charge in [0.05, 0.1) is 6.10 Å². The molecule has 2 aliphatic rings. The molecule has 16 heavy (non-hydrogen) atoms. The quantitative estimate of drug-likeness (QED) is 0.792. The van der Waals surface area contributed by atoms with Gasteiger partial charge in [-0.25, -0.2) is 8.78 Å². The molecule has 2 fully saturated rings. The van der Waals surface area contributed by atoms with Crippen molar-refractivity contribution in [2.45, 2.75) is 56.8 Å². The van der Waals surface area contributed by atoms with Gasteiger partial charge in [0.2, 0.25) is 0 Å². The van der Waals surface area contributed by atoms with Gasteiger partial charge in [-0.05, 0) is 20.3 Å². The molecular formula is C10H17F2NO3. The van der Waals surface area contributed by atoms with E-state index in [0.717, 1.165) is 0 Å². The minimum Gasteiger partial charge on any atom is -0.369 e. The van der Waals surface area contributed by atoms with Gasteiger partial charge in [0.1, 0.15) is 18.8 Å². The van der Waals surface area contributed by atoms with Gasteiger partial charge in [-0.3, -0.25) is 0 Å². The second-order valence-electron chi connectivity index (χ2n) is 4.73. The molecule has 4 nitrogen and oxygen atoms in total. The van der Waals surface area contributed by atoms with Gasteiger partial charge >= 0.3 is 0 Å². The number of fused-ring (bicyclic) bond motifs is 1. The highest BCUT2D eigenvalue weighted by Crippen LogP contribution is 2.38. The fourth-order valence-electron chi connectivity index (χ4n) is 2.33. The number of nitrogens with two attached hydrogens (primary N) is 1. The predicted molar refractivity (Wildman–Crippen MR) is 52.2 cm³/mol. The van der Waals surface area contributed by atoms with Crippen molar-refractivity contribution in [3.63, 3.8) is 0 Å². The molecule has 1 saturated carbocycles. The Morgan fingerprint density at radius 3 is 2.62 bits per heavy atom. The van der Waals surface area contributed by atoms with E-state index in [1.54, 1.807) is 13.8 Å². The van der Waals surface area contributed by atoms with Crippen LogP contribution >= 0.6 is 0 Å². The summed E-state index contributed by atoms with van der Waals surface area (Å²) in [7, 11) is 0. The first-order valence-corrected chi connectivity index (χ1v) is 5.40. The lowest BCUT2D eigenvalue weighted by molar-refractivity contribution is -0.170. The molecule has 2 N–H and O–H groups in total. The van der Waals surface area contributed by atoms with Crippen LogP contribution in [-0.2, 0) is 14.2 Å². The average molecular weight is 237 g/mol. The SMILES string of the molecule is CC1(C)O[C@@H]2[C@@H](OCC(F)F)CC(N)[C@@H]2O1. The Hall–Kier alpha value is -0.300. The number of halogens is 2. The van der Waals surface area contributed by atoms with Crippen molar-refractivity contribution in [3.05, 3.63) is 0 Å². The molecule has 2 rings (SSSR count). The van der Waals surface area contributed by atoms with Crippen LogP contribution in [0, 0.1) is 0 Å². The number of hydrogen-bond acceptors (Lipinski definition) is 4. The topological polar surface area (TPSA) is 53.7 Å². The Morgan fingerprint density at radius 2 is 2.00 bits per heavy atom. The zero-order chi connectivity index (χ0) is 11.9. The molecule has 1 unspecified atom stereocenters. The Labute approximate surface area is 93.0 Å². The lowest BCUT2D eigenvalue weighted by Crippen LogP contribution is -2.35. The van der Waals surface area contributed by atoms with Crippen molar-refractivity contribution in [2.75, 3.05) is 6.61 Å². The third-order valence-electron chi connectivity index (χ3n) is 2.89. The zero-order valence-corrected chi connectivity index (χ0v) is 9.36. The molecule has 0 radical (unpaired) electrons. The van der Waals surface area contributed by atoms with E-state index in [1.165, 1.54) is 0 Å². The van der Waals surface area contributed by atoms with Crippen LogP contribution in [0.25, 0.3) is 0 Å². The first-order valence-electron chi connectivity index (χ1n) is 5.40. The lowest BCUT2D eigenvalue weighted by atomic mass is 10.2. The number of alkyl halides is 2. The summed E-state index contributed by atoms with van der Waals surface area (Å²) in [5.41, 5.74) is 5.87. The Bertz CT molecular complexity index is 262. The van der Waals surface area contributed by atoms with Gasteiger partial charge in [-0.1, -0.05) is 0 Å². The molecular weight excluding hydrogens is 220 g/mol. The minimum absolute atomic E-state index is 0.213. The van der Waals surface area contributed by atoms with E-state index in [1.807, 2.05) is 0 Å². The van der Waals surface area contributed by atoms with Gasteiger partial charge in [0, 0.05) is 6.04 Å². The summed E-state index contributed by atoms with van der Waals surface area (Å²) in [6.45, 7) is 2.98. The van der Waals surface area contributed by atoms with Crippen molar-refractivity contribution in [3.8, 4) is 0 Å². The zero-order valence-electron chi connectivity index (χ0n) is 9.36. The summed E-state index contributed by atoms with van der Waals surface area (Å²) in [4.78, 5) is 0. The van der Waals surface area contributed by atoms with E-state index < -0.39 is 24.9 Å². The summed E-state index contributed by atoms with van der Waals surface area (Å²) >= 11 is 0. The maximum absolute atomic E-state index is 12.1. The molecule has 94 valence electrons. The largest absolute Gasteiger partial charge is 0.369 e. The Morgan fingerprint density at radius 1 is 1.38 bits per heavy atom. The summed E-state index contributed by atoms with van der Waals surface area (Å²) < 4.78 is 40.4. The molecule has 0 amide bonds. The third kappa shape index (κ3) is 2.34. The van der Waals surface area contributed by atoms with Crippen molar-refractivity contribution in [2.24, 2.45) is 5.73 Å². The molecule has 0 aromatic rings. The van der Waals surface area contributed by atoms with E-state index in [9.17, 15) is 8.78 Å². The molecule has 4 atom stereocenters. The number of ether oxygens (including phenoxy) is 3. The first-order chi connectivity index (χ1) is 7.39. The summed E-state index contributed by atoms with van der Waals surface area (Å²) in [6.07, 6.45) is -2.94. The second kappa shape index (κ2) is 4.18. The molecule has 1 saturated heterocycles. The molecule has 0 bridgehead atoms. The molecule has 6 heteroatoms. The summed E-state index contributed by atoms with van der Waals surface area (Å²) in [5, 5.41) is 0. The third-order valence-corrected chi connectivity index (χ3v) is 2.89. The Balaban J connectivity index is 1.96. The fraction of sp³-hybridized carbons (Fsp3) is 1.00. The van der Waals surface area contributed by atoms with E-state index in [4.69, 9.17) is 19.9 Å². The van der Waals surface area contributed by atoms with Gasteiger partial charge in [-0.2, -0.15) is 0 Å². The van der Waals surface area contributed by atoms with Crippen molar-refractivity contribution in [1.82, 2.24) is 0 Å². The Kier molecular flexibility index (Phi) is 3.18. The predicted octanol–water partition coefficient (Wildman–Crippen LogP) is 0.888. The molecule has 1 aliphatic carbocycles. The van der Waals surface area contributed by atoms with E-state index in [-0.39, 0.29) is 18.2 Å². The van der Waals surface area contributed by atoms with Crippen LogP contribution in [0.5, 0.6) is 0 Å². The van der Waals surface area contributed by atoms with Crippen LogP contribution < -0.4 is 5.73 Å². The average Bonchev–Trinajstić information content (AvgIpc) is 2.59. The van der Waals surface area contributed by atoms with E-state index >= 15 is 0 Å². The normalized spacial score (nSPS) is 41.6. The van der Waals surface area contributed by atoms with Crippen molar-refractivity contribution >= 4 is 0 Å². The summed E-state index contributed by atoms with van der Waals surface area (Å²) in [6, 6.07) is -0.213. The van der Waals surface area contributed by atoms with E-state index in [0.29, 0.717) is 6.42 Å². The van der Waals surface area contributed by atoms with Gasteiger partial charge < -0.3 is 19.9 Å². The van der Waals surface area contributed by atoms with Crippen LogP contribution in [0.2, 0.25) is 0 Å². The first kappa shape index (κ1) is 12.2. The molecule has 0 aromatic carbocycles. The fourth-order valence-corrected chi connectivity index (χ4v) is 2.33. The minimum atomic E-state index is -2.47. The maximum atomic E-state index is 12.1. The van der Waals surface area contributed by atoms with Crippen molar-refractivity contribution in [1.29, 1.82) is 0 Å². The van der Waals surface area contributed by atoms with Gasteiger partial charge in [0.25, 0.3) is 6.43 Å². The van der Waals surface area contributed by atoms with Gasteiger partial charge in [-0.15, -0.1) is 0 Å². The molecule has 0 spiro atoms. The summed E-state index contributed by atoms with van der Waals surface area (Å²) in [5.74, 6) is -0.709. The number of hydrogen-bond donors (Lipinski definition) is 1. The highest BCUT2D eigenvalue weighted by molar-refractivity contribution is 5.01. The molecule has 1 heterocycles. The molecule has 1 aliphatic heterocycles. The lowest BCUT2D eigenvalue weighted by Gasteiger charge is -2.22. The van der Waals surface area contributed by atoms with Crippen LogP contribution in [-0.4, -0.2) is 43.2 Å². The van der Waals surface area contributed by atoms with Crippen LogP contribution in [0.3, 0.4) is 0 Å². The highest BCUT2D eigenvalue weighted by atomic mass is 19.3. The molecule has 0 aromatic heterocycles. The van der Waals surface area contributed by atoms with Gasteiger partial charge in [0.15, 0.2) is 5.79 Å². The smallest absolute Gasteiger partial charge is 0.261 e. The van der Waals surface area contributed by atoms with Crippen LogP contribution in [0.1, 0.15) is 20.3 Å². The highest BCUT2D eigenvalue weighted by Gasteiger charge is 2.53. The number of rotatable bonds is 3. The standard InChI is InChI=1S/C10H17F2NO3/c1-10(2)15-8-5(13)3-6(9(8)16-10)14-4-7(11)12/h5-9H,3-4,13H2,1-2H3/t5?,6-,8-,9+/m0/s1. The van der Waals surface area contributed by atoms with Crippen LogP contribution in [0.15, 0.2) is 0 Å². The van der Waals surface area contributed by atoms with E-state index in [2.05, 4.69) is 0 Å². The second-order valence-corrected chi connectivity index (χ2v) is 4.73.